The summed E-state index contributed by atoms with van der Waals surface area (Å²) in [6, 6.07) is 0. The van der Waals surface area contributed by atoms with Crippen LogP contribution >= 0.6 is 24.0 Å². The maximum atomic E-state index is 10.7. The van der Waals surface area contributed by atoms with Crippen LogP contribution in [0.15, 0.2) is 0 Å². The van der Waals surface area contributed by atoms with Crippen LogP contribution in [0.3, 0.4) is 0 Å². The number of piperidine rings is 1. The van der Waals surface area contributed by atoms with Gasteiger partial charge in [-0.2, -0.15) is 0 Å². The molecule has 1 rings (SSSR count). The molecule has 1 aliphatic heterocycles. The zero-order valence-electron chi connectivity index (χ0n) is 6.72. The molecule has 0 saturated carbocycles. The maximum Gasteiger partial charge on any atom is 0.321 e. The third kappa shape index (κ3) is 4.14. The van der Waals surface area contributed by atoms with E-state index in [0.29, 0.717) is 0 Å². The fourth-order valence-electron chi connectivity index (χ4n) is 1.13. The molecule has 1 saturated heterocycles. The molecule has 0 unspecified atom stereocenters. The van der Waals surface area contributed by atoms with E-state index in [1.165, 1.54) is 0 Å². The average Bonchev–Trinajstić information content (AvgIpc) is 2.06. The molecule has 1 N–H and O–H groups in total. The van der Waals surface area contributed by atoms with Gasteiger partial charge in [0.25, 0.3) is 0 Å². The van der Waals surface area contributed by atoms with Crippen molar-refractivity contribution in [2.45, 2.75) is 18.9 Å². The molecule has 0 amide bonds. The lowest BCUT2D eigenvalue weighted by Crippen LogP contribution is -2.34. The number of hydrogen-bond donors (Lipinski definition) is 1. The fraction of sp³-hybridized carbons (Fsp3) is 0.857. The van der Waals surface area contributed by atoms with Crippen LogP contribution in [0.1, 0.15) is 12.8 Å². The Balaban J connectivity index is 0.00000121. The molecule has 0 atom stereocenters. The Morgan fingerprint density at radius 3 is 2.58 bits per heavy atom. The molecule has 0 aromatic carbocycles. The van der Waals surface area contributed by atoms with Crippen molar-refractivity contribution in [3.05, 3.63) is 0 Å². The smallest absolute Gasteiger partial charge is 0.321 e. The molecule has 12 heavy (non-hydrogen) atoms. The monoisotopic (exact) mass is 213 g/mol. The molecule has 5 heteroatoms. The normalized spacial score (nSPS) is 18.1. The number of alkyl halides is 1. The predicted molar refractivity (Wildman–Crippen MR) is 50.0 cm³/mol. The average molecular weight is 214 g/mol. The maximum absolute atomic E-state index is 10.7. The molecule has 72 valence electrons. The minimum Gasteiger partial charge on any atom is -0.461 e. The highest BCUT2D eigenvalue weighted by Crippen LogP contribution is 2.07. The third-order valence-electron chi connectivity index (χ3n) is 1.69. The summed E-state index contributed by atoms with van der Waals surface area (Å²) in [4.78, 5) is 10.7. The van der Waals surface area contributed by atoms with Crippen LogP contribution in [-0.2, 0) is 9.53 Å². The highest BCUT2D eigenvalue weighted by Gasteiger charge is 2.16. The number of esters is 1. The van der Waals surface area contributed by atoms with Crippen molar-refractivity contribution in [1.29, 1.82) is 0 Å². The van der Waals surface area contributed by atoms with Crippen LogP contribution in [0, 0.1) is 0 Å². The second-order valence-electron chi connectivity index (χ2n) is 2.57. The summed E-state index contributed by atoms with van der Waals surface area (Å²) >= 11 is 5.28. The zero-order chi connectivity index (χ0) is 8.10. The molecule has 0 aromatic rings. The van der Waals surface area contributed by atoms with E-state index >= 15 is 0 Å². The topological polar surface area (TPSA) is 38.3 Å². The van der Waals surface area contributed by atoms with Crippen molar-refractivity contribution in [3.63, 3.8) is 0 Å². The number of carbonyl (C=O) groups excluding carboxylic acids is 1. The van der Waals surface area contributed by atoms with E-state index in [0.717, 1.165) is 25.9 Å². The van der Waals surface area contributed by atoms with Crippen LogP contribution in [0.2, 0.25) is 0 Å². The first-order chi connectivity index (χ1) is 5.33. The lowest BCUT2D eigenvalue weighted by Gasteiger charge is -2.22. The van der Waals surface area contributed by atoms with E-state index in [4.69, 9.17) is 16.3 Å². The lowest BCUT2D eigenvalue weighted by atomic mass is 10.1. The molecule has 0 spiro atoms. The Hall–Kier alpha value is 0.01000. The Kier molecular flexibility index (Phi) is 6.52. The first kappa shape index (κ1) is 12.0. The van der Waals surface area contributed by atoms with E-state index in [-0.39, 0.29) is 30.4 Å². The van der Waals surface area contributed by atoms with Gasteiger partial charge in [-0.25, -0.2) is 0 Å². The van der Waals surface area contributed by atoms with Gasteiger partial charge < -0.3 is 10.1 Å². The molecular weight excluding hydrogens is 201 g/mol. The molecule has 1 heterocycles. The van der Waals surface area contributed by atoms with Gasteiger partial charge in [-0.1, -0.05) is 0 Å². The van der Waals surface area contributed by atoms with Gasteiger partial charge in [0.1, 0.15) is 12.0 Å². The van der Waals surface area contributed by atoms with Gasteiger partial charge in [0.15, 0.2) is 0 Å². The molecule has 0 radical (unpaired) electrons. The van der Waals surface area contributed by atoms with Gasteiger partial charge >= 0.3 is 5.97 Å². The summed E-state index contributed by atoms with van der Waals surface area (Å²) < 4.78 is 5.03. The molecule has 0 aliphatic carbocycles. The van der Waals surface area contributed by atoms with E-state index in [2.05, 4.69) is 5.32 Å². The second-order valence-corrected chi connectivity index (χ2v) is 2.84. The van der Waals surface area contributed by atoms with Crippen LogP contribution in [0.25, 0.3) is 0 Å². The first-order valence-electron chi connectivity index (χ1n) is 3.79. The Labute approximate surface area is 83.2 Å². The quantitative estimate of drug-likeness (QED) is 0.549. The first-order valence-corrected chi connectivity index (χ1v) is 4.32. The highest BCUT2D eigenvalue weighted by molar-refractivity contribution is 6.26. The highest BCUT2D eigenvalue weighted by atomic mass is 35.5. The van der Waals surface area contributed by atoms with Crippen molar-refractivity contribution in [1.82, 2.24) is 5.32 Å². The predicted octanol–water partition coefficient (Wildman–Crippen LogP) is 0.942. The largest absolute Gasteiger partial charge is 0.461 e. The number of carbonyl (C=O) groups is 1. The number of ether oxygens (including phenoxy) is 1. The number of nitrogens with one attached hydrogen (secondary N) is 1. The van der Waals surface area contributed by atoms with E-state index < -0.39 is 0 Å². The Bertz CT molecular complexity index is 137. The van der Waals surface area contributed by atoms with Crippen molar-refractivity contribution >= 4 is 30.0 Å². The fourth-order valence-corrected chi connectivity index (χ4v) is 1.19. The summed E-state index contributed by atoms with van der Waals surface area (Å²) in [5, 5.41) is 3.18. The minimum absolute atomic E-state index is 0. The van der Waals surface area contributed by atoms with E-state index in [1.807, 2.05) is 0 Å². The van der Waals surface area contributed by atoms with Crippen LogP contribution in [0.5, 0.6) is 0 Å². The van der Waals surface area contributed by atoms with Gasteiger partial charge in [-0.15, -0.1) is 24.0 Å². The van der Waals surface area contributed by atoms with Crippen LogP contribution in [-0.4, -0.2) is 31.0 Å². The zero-order valence-corrected chi connectivity index (χ0v) is 8.29. The summed E-state index contributed by atoms with van der Waals surface area (Å²) in [6.07, 6.45) is 1.90. The molecule has 1 fully saturated rings. The SMILES string of the molecule is Cl.O=C(CCl)OC1CCNCC1. The van der Waals surface area contributed by atoms with Crippen molar-refractivity contribution < 1.29 is 9.53 Å². The second kappa shape index (κ2) is 6.52. The number of halogens is 2. The summed E-state index contributed by atoms with van der Waals surface area (Å²) in [7, 11) is 0. The Morgan fingerprint density at radius 1 is 1.50 bits per heavy atom. The van der Waals surface area contributed by atoms with Gasteiger partial charge in [0.2, 0.25) is 0 Å². The van der Waals surface area contributed by atoms with Crippen molar-refractivity contribution in [2.24, 2.45) is 0 Å². The third-order valence-corrected chi connectivity index (χ3v) is 1.91. The van der Waals surface area contributed by atoms with Gasteiger partial charge in [-0.05, 0) is 25.9 Å². The van der Waals surface area contributed by atoms with Crippen molar-refractivity contribution in [3.8, 4) is 0 Å². The number of hydrogen-bond acceptors (Lipinski definition) is 3. The molecular formula is C7H13Cl2NO2. The summed E-state index contributed by atoms with van der Waals surface area (Å²) in [5.41, 5.74) is 0. The molecule has 1 aliphatic rings. The van der Waals surface area contributed by atoms with E-state index in [9.17, 15) is 4.79 Å². The molecule has 3 nitrogen and oxygen atoms in total. The van der Waals surface area contributed by atoms with Crippen molar-refractivity contribution in [2.75, 3.05) is 19.0 Å². The molecule has 0 aromatic heterocycles. The number of rotatable bonds is 2. The standard InChI is InChI=1S/C7H12ClNO2.ClH/c8-5-7(10)11-6-1-3-9-4-2-6;/h6,9H,1-5H2;1H. The molecule has 0 bridgehead atoms. The summed E-state index contributed by atoms with van der Waals surface area (Å²) in [5.74, 6) is -0.345. The van der Waals surface area contributed by atoms with Crippen LogP contribution in [0.4, 0.5) is 0 Å². The summed E-state index contributed by atoms with van der Waals surface area (Å²) in [6.45, 7) is 1.86. The van der Waals surface area contributed by atoms with E-state index in [1.54, 1.807) is 0 Å². The van der Waals surface area contributed by atoms with Crippen LogP contribution < -0.4 is 5.32 Å². The minimum atomic E-state index is -0.307. The Morgan fingerprint density at radius 2 is 2.08 bits per heavy atom. The van der Waals surface area contributed by atoms with Gasteiger partial charge in [-0.3, -0.25) is 4.79 Å². The lowest BCUT2D eigenvalue weighted by molar-refractivity contribution is -0.146. The van der Waals surface area contributed by atoms with Gasteiger partial charge in [0.05, 0.1) is 0 Å². The van der Waals surface area contributed by atoms with Gasteiger partial charge in [0, 0.05) is 0 Å².